The highest BCUT2D eigenvalue weighted by molar-refractivity contribution is 5.44. The van der Waals surface area contributed by atoms with Gasteiger partial charge in [-0.05, 0) is 19.1 Å². The first kappa shape index (κ1) is 11.4. The normalized spacial score (nSPS) is 10.5. The highest BCUT2D eigenvalue weighted by atomic mass is 16.2. The van der Waals surface area contributed by atoms with E-state index < -0.39 is 0 Å². The number of anilines is 1. The molecule has 0 saturated carbocycles. The summed E-state index contributed by atoms with van der Waals surface area (Å²) < 4.78 is 2.91. The molecule has 0 bridgehead atoms. The number of aromatic nitrogens is 3. The third-order valence-corrected chi connectivity index (χ3v) is 2.59. The molecule has 0 spiro atoms. The minimum atomic E-state index is -0.0873. The number of hydrogen-bond acceptors (Lipinski definition) is 3. The van der Waals surface area contributed by atoms with Crippen LogP contribution in [0.15, 0.2) is 35.4 Å². The summed E-state index contributed by atoms with van der Waals surface area (Å²) in [5, 5.41) is 7.24. The second-order valence-electron chi connectivity index (χ2n) is 4.04. The van der Waals surface area contributed by atoms with Gasteiger partial charge in [0.2, 0.25) is 0 Å². The maximum atomic E-state index is 11.5. The number of hydrogen-bond donors (Lipinski definition) is 1. The van der Waals surface area contributed by atoms with Gasteiger partial charge in [0.05, 0.1) is 6.54 Å². The quantitative estimate of drug-likeness (QED) is 0.855. The minimum absolute atomic E-state index is 0.0873. The summed E-state index contributed by atoms with van der Waals surface area (Å²) in [6, 6.07) is 8.15. The number of aryl methyl sites for hydroxylation is 2. The van der Waals surface area contributed by atoms with Crippen LogP contribution in [0.2, 0.25) is 0 Å². The van der Waals surface area contributed by atoms with Crippen LogP contribution in [0.3, 0.4) is 0 Å². The molecule has 1 N–H and O–H groups in total. The lowest BCUT2D eigenvalue weighted by Crippen LogP contribution is -2.25. The molecular formula is C12H16N4O. The standard InChI is InChI=1S/C12H16N4O/c1-10-3-5-11(6-4-10)13-7-8-16-12(17)15(2)9-14-16/h3-6,9,13H,7-8H2,1-2H3. The van der Waals surface area contributed by atoms with E-state index in [1.807, 2.05) is 12.1 Å². The summed E-state index contributed by atoms with van der Waals surface area (Å²) in [5.74, 6) is 0. The summed E-state index contributed by atoms with van der Waals surface area (Å²) in [6.45, 7) is 3.30. The van der Waals surface area contributed by atoms with E-state index in [-0.39, 0.29) is 5.69 Å². The zero-order chi connectivity index (χ0) is 12.3. The second kappa shape index (κ2) is 4.86. The molecule has 1 aromatic carbocycles. The summed E-state index contributed by atoms with van der Waals surface area (Å²) in [5.41, 5.74) is 2.20. The summed E-state index contributed by atoms with van der Waals surface area (Å²) in [7, 11) is 1.69. The van der Waals surface area contributed by atoms with E-state index in [0.717, 1.165) is 5.69 Å². The van der Waals surface area contributed by atoms with Crippen LogP contribution in [0.25, 0.3) is 0 Å². The van der Waals surface area contributed by atoms with Gasteiger partial charge in [0.25, 0.3) is 0 Å². The van der Waals surface area contributed by atoms with Crippen LogP contribution in [0.4, 0.5) is 5.69 Å². The Morgan fingerprint density at radius 2 is 2.00 bits per heavy atom. The Labute approximate surface area is 99.7 Å². The van der Waals surface area contributed by atoms with E-state index >= 15 is 0 Å². The third kappa shape index (κ3) is 2.75. The van der Waals surface area contributed by atoms with Crippen molar-refractivity contribution in [1.29, 1.82) is 0 Å². The van der Waals surface area contributed by atoms with Crippen molar-refractivity contribution in [2.45, 2.75) is 13.5 Å². The molecular weight excluding hydrogens is 216 g/mol. The van der Waals surface area contributed by atoms with Crippen LogP contribution < -0.4 is 11.0 Å². The highest BCUT2D eigenvalue weighted by Crippen LogP contribution is 2.07. The average Bonchev–Trinajstić information content (AvgIpc) is 2.64. The largest absolute Gasteiger partial charge is 0.383 e. The van der Waals surface area contributed by atoms with E-state index in [9.17, 15) is 4.79 Å². The molecule has 0 aliphatic heterocycles. The van der Waals surface area contributed by atoms with Crippen molar-refractivity contribution >= 4 is 5.69 Å². The highest BCUT2D eigenvalue weighted by Gasteiger charge is 2.00. The lowest BCUT2D eigenvalue weighted by molar-refractivity contribution is 0.605. The Morgan fingerprint density at radius 1 is 1.29 bits per heavy atom. The molecule has 0 radical (unpaired) electrons. The number of rotatable bonds is 4. The third-order valence-electron chi connectivity index (χ3n) is 2.59. The topological polar surface area (TPSA) is 51.9 Å². The summed E-state index contributed by atoms with van der Waals surface area (Å²) in [6.07, 6.45) is 1.52. The molecule has 0 aliphatic rings. The molecule has 0 atom stereocenters. The molecule has 0 saturated heterocycles. The first-order valence-corrected chi connectivity index (χ1v) is 5.56. The van der Waals surface area contributed by atoms with Gasteiger partial charge in [-0.1, -0.05) is 17.7 Å². The first-order chi connectivity index (χ1) is 8.16. The van der Waals surface area contributed by atoms with Gasteiger partial charge in [-0.25, -0.2) is 9.48 Å². The average molecular weight is 232 g/mol. The van der Waals surface area contributed by atoms with Crippen molar-refractivity contribution < 1.29 is 0 Å². The maximum Gasteiger partial charge on any atom is 0.345 e. The van der Waals surface area contributed by atoms with Crippen molar-refractivity contribution in [2.75, 3.05) is 11.9 Å². The molecule has 0 aliphatic carbocycles. The number of nitrogens with zero attached hydrogens (tertiary/aromatic N) is 3. The van der Waals surface area contributed by atoms with Gasteiger partial charge in [0.15, 0.2) is 0 Å². The Hall–Kier alpha value is -2.04. The lowest BCUT2D eigenvalue weighted by Gasteiger charge is -2.05. The van der Waals surface area contributed by atoms with Crippen LogP contribution in [0.1, 0.15) is 5.56 Å². The SMILES string of the molecule is Cc1ccc(NCCn2ncn(C)c2=O)cc1. The molecule has 17 heavy (non-hydrogen) atoms. The molecule has 0 amide bonds. The molecule has 2 aromatic rings. The van der Waals surface area contributed by atoms with Gasteiger partial charge < -0.3 is 5.32 Å². The van der Waals surface area contributed by atoms with Crippen LogP contribution in [-0.4, -0.2) is 20.9 Å². The Bertz CT molecular complexity index is 538. The van der Waals surface area contributed by atoms with E-state index in [1.54, 1.807) is 7.05 Å². The molecule has 0 fully saturated rings. The van der Waals surface area contributed by atoms with Gasteiger partial charge in [-0.3, -0.25) is 4.57 Å². The van der Waals surface area contributed by atoms with Gasteiger partial charge in [0, 0.05) is 19.3 Å². The maximum absolute atomic E-state index is 11.5. The van der Waals surface area contributed by atoms with Crippen molar-refractivity contribution in [1.82, 2.24) is 14.3 Å². The molecule has 1 heterocycles. The zero-order valence-electron chi connectivity index (χ0n) is 10.1. The van der Waals surface area contributed by atoms with Gasteiger partial charge >= 0.3 is 5.69 Å². The molecule has 2 rings (SSSR count). The van der Waals surface area contributed by atoms with Gasteiger partial charge in [-0.15, -0.1) is 0 Å². The molecule has 0 unspecified atom stereocenters. The first-order valence-electron chi connectivity index (χ1n) is 5.56. The smallest absolute Gasteiger partial charge is 0.345 e. The fourth-order valence-corrected chi connectivity index (χ4v) is 1.55. The minimum Gasteiger partial charge on any atom is -0.383 e. The van der Waals surface area contributed by atoms with Crippen molar-refractivity contribution in [2.24, 2.45) is 7.05 Å². The monoisotopic (exact) mass is 232 g/mol. The van der Waals surface area contributed by atoms with Crippen LogP contribution in [0, 0.1) is 6.92 Å². The number of nitrogens with one attached hydrogen (secondary N) is 1. The molecule has 5 nitrogen and oxygen atoms in total. The van der Waals surface area contributed by atoms with E-state index in [0.29, 0.717) is 13.1 Å². The predicted octanol–water partition coefficient (Wildman–Crippen LogP) is 1.00. The zero-order valence-corrected chi connectivity index (χ0v) is 10.1. The Morgan fingerprint density at radius 3 is 2.59 bits per heavy atom. The predicted molar refractivity (Wildman–Crippen MR) is 67.1 cm³/mol. The van der Waals surface area contributed by atoms with Crippen LogP contribution in [0.5, 0.6) is 0 Å². The van der Waals surface area contributed by atoms with Gasteiger partial charge in [0.1, 0.15) is 6.33 Å². The number of benzene rings is 1. The van der Waals surface area contributed by atoms with Crippen LogP contribution in [-0.2, 0) is 13.6 Å². The second-order valence-corrected chi connectivity index (χ2v) is 4.04. The molecule has 90 valence electrons. The Kier molecular flexibility index (Phi) is 3.27. The van der Waals surface area contributed by atoms with E-state index in [4.69, 9.17) is 0 Å². The van der Waals surface area contributed by atoms with E-state index in [1.165, 1.54) is 21.1 Å². The van der Waals surface area contributed by atoms with Crippen molar-refractivity contribution in [3.05, 3.63) is 46.6 Å². The van der Waals surface area contributed by atoms with E-state index in [2.05, 4.69) is 29.5 Å². The molecule has 5 heteroatoms. The Balaban J connectivity index is 1.90. The molecule has 1 aromatic heterocycles. The van der Waals surface area contributed by atoms with Gasteiger partial charge in [-0.2, -0.15) is 5.10 Å². The summed E-state index contributed by atoms with van der Waals surface area (Å²) in [4.78, 5) is 11.5. The fourth-order valence-electron chi connectivity index (χ4n) is 1.55. The van der Waals surface area contributed by atoms with Crippen LogP contribution >= 0.6 is 0 Å². The van der Waals surface area contributed by atoms with Crippen molar-refractivity contribution in [3.8, 4) is 0 Å². The van der Waals surface area contributed by atoms with Crippen molar-refractivity contribution in [3.63, 3.8) is 0 Å². The lowest BCUT2D eigenvalue weighted by atomic mass is 10.2. The fraction of sp³-hybridized carbons (Fsp3) is 0.333. The summed E-state index contributed by atoms with van der Waals surface area (Å²) >= 11 is 0.